The molecule has 1 aromatic carbocycles. The fraction of sp³-hybridized carbons (Fsp3) is 0.632. The molecule has 8 heteroatoms. The van der Waals surface area contributed by atoms with Gasteiger partial charge in [0.1, 0.15) is 0 Å². The molecule has 0 heterocycles. The van der Waals surface area contributed by atoms with Crippen molar-refractivity contribution < 1.29 is 8.42 Å². The lowest BCUT2D eigenvalue weighted by atomic mass is 9.64. The van der Waals surface area contributed by atoms with Crippen LogP contribution in [-0.2, 0) is 15.4 Å². The highest BCUT2D eigenvalue weighted by Gasteiger charge is 2.38. The van der Waals surface area contributed by atoms with Gasteiger partial charge in [0.2, 0.25) is 10.0 Å². The van der Waals surface area contributed by atoms with Gasteiger partial charge in [-0.2, -0.15) is 0 Å². The van der Waals surface area contributed by atoms with E-state index < -0.39 is 15.6 Å². The summed E-state index contributed by atoms with van der Waals surface area (Å²) in [5.74, 6) is 0.720. The Bertz CT molecular complexity index is 716. The molecule has 27 heavy (non-hydrogen) atoms. The Kier molecular flexibility index (Phi) is 9.01. The van der Waals surface area contributed by atoms with Crippen LogP contribution in [0.5, 0.6) is 0 Å². The van der Waals surface area contributed by atoms with Crippen molar-refractivity contribution >= 4 is 40.0 Å². The van der Waals surface area contributed by atoms with E-state index in [1.165, 1.54) is 31.1 Å². The SMILES string of the molecule is CCNC(=NCC(C)(C)NS(C)(=O)=O)NCC1(c2ccccc2)CCC1.I. The summed E-state index contributed by atoms with van der Waals surface area (Å²) < 4.78 is 25.6. The monoisotopic (exact) mass is 508 g/mol. The standard InChI is InChI=1S/C19H32N4O2S.HI/c1-5-20-17(21-14-18(2,3)23-26(4,24)25)22-15-19(12-9-13-19)16-10-7-6-8-11-16;/h6-8,10-11,23H,5,9,12-15H2,1-4H3,(H2,20,21,22);1H. The van der Waals surface area contributed by atoms with E-state index in [1.54, 1.807) is 0 Å². The predicted octanol–water partition coefficient (Wildman–Crippen LogP) is 2.61. The molecule has 1 fully saturated rings. The first kappa shape index (κ1) is 24.2. The Morgan fingerprint density at radius 1 is 1.19 bits per heavy atom. The molecule has 6 nitrogen and oxygen atoms in total. The number of aliphatic imine (C=N–C) groups is 1. The number of nitrogens with one attached hydrogen (secondary N) is 3. The van der Waals surface area contributed by atoms with E-state index in [1.807, 2.05) is 26.8 Å². The Morgan fingerprint density at radius 3 is 2.30 bits per heavy atom. The summed E-state index contributed by atoms with van der Waals surface area (Å²) in [6.07, 6.45) is 4.76. The molecule has 0 radical (unpaired) electrons. The van der Waals surface area contributed by atoms with Crippen LogP contribution in [0.25, 0.3) is 0 Å². The second-order valence-corrected chi connectivity index (χ2v) is 9.56. The lowest BCUT2D eigenvalue weighted by Crippen LogP contribution is -2.50. The number of guanidine groups is 1. The highest BCUT2D eigenvalue weighted by Crippen LogP contribution is 2.43. The van der Waals surface area contributed by atoms with Crippen molar-refractivity contribution in [2.75, 3.05) is 25.9 Å². The summed E-state index contributed by atoms with van der Waals surface area (Å²) >= 11 is 0. The number of sulfonamides is 1. The van der Waals surface area contributed by atoms with Crippen molar-refractivity contribution in [2.24, 2.45) is 4.99 Å². The zero-order valence-corrected chi connectivity index (χ0v) is 19.9. The van der Waals surface area contributed by atoms with Crippen molar-refractivity contribution in [3.05, 3.63) is 35.9 Å². The number of rotatable bonds is 8. The van der Waals surface area contributed by atoms with Crippen LogP contribution >= 0.6 is 24.0 Å². The molecular weight excluding hydrogens is 475 g/mol. The molecule has 3 N–H and O–H groups in total. The molecule has 154 valence electrons. The van der Waals surface area contributed by atoms with Crippen LogP contribution in [0.15, 0.2) is 35.3 Å². The van der Waals surface area contributed by atoms with Gasteiger partial charge in [-0.05, 0) is 39.2 Å². The number of benzene rings is 1. The van der Waals surface area contributed by atoms with Crippen molar-refractivity contribution in [1.82, 2.24) is 15.4 Å². The predicted molar refractivity (Wildman–Crippen MR) is 123 cm³/mol. The van der Waals surface area contributed by atoms with Crippen molar-refractivity contribution in [3.8, 4) is 0 Å². The van der Waals surface area contributed by atoms with Gasteiger partial charge in [-0.3, -0.25) is 4.99 Å². The topological polar surface area (TPSA) is 82.6 Å². The number of hydrogen-bond donors (Lipinski definition) is 3. The van der Waals surface area contributed by atoms with Crippen LogP contribution in [0.3, 0.4) is 0 Å². The summed E-state index contributed by atoms with van der Waals surface area (Å²) in [4.78, 5) is 4.59. The zero-order valence-electron chi connectivity index (χ0n) is 16.7. The van der Waals surface area contributed by atoms with Gasteiger partial charge in [0, 0.05) is 24.0 Å². The van der Waals surface area contributed by atoms with E-state index in [4.69, 9.17) is 0 Å². The Labute approximate surface area is 181 Å². The van der Waals surface area contributed by atoms with Crippen LogP contribution in [0, 0.1) is 0 Å². The summed E-state index contributed by atoms with van der Waals surface area (Å²) in [6.45, 7) is 7.62. The first-order valence-corrected chi connectivity index (χ1v) is 11.1. The Hall–Kier alpha value is -0.870. The minimum absolute atomic E-state index is 0. The molecule has 0 bridgehead atoms. The van der Waals surface area contributed by atoms with Crippen LogP contribution in [0.2, 0.25) is 0 Å². The molecule has 0 unspecified atom stereocenters. The molecule has 2 rings (SSSR count). The summed E-state index contributed by atoms with van der Waals surface area (Å²) in [6, 6.07) is 10.6. The lowest BCUT2D eigenvalue weighted by Gasteiger charge is -2.43. The average molecular weight is 508 g/mol. The summed E-state index contributed by atoms with van der Waals surface area (Å²) in [7, 11) is -3.27. The van der Waals surface area contributed by atoms with Gasteiger partial charge >= 0.3 is 0 Å². The molecule has 0 aliphatic heterocycles. The first-order valence-electron chi connectivity index (χ1n) is 9.22. The second-order valence-electron chi connectivity index (χ2n) is 7.81. The highest BCUT2D eigenvalue weighted by atomic mass is 127. The minimum atomic E-state index is -3.27. The summed E-state index contributed by atoms with van der Waals surface area (Å²) in [5, 5.41) is 6.71. The minimum Gasteiger partial charge on any atom is -0.357 e. The van der Waals surface area contributed by atoms with E-state index in [0.29, 0.717) is 6.54 Å². The van der Waals surface area contributed by atoms with Gasteiger partial charge < -0.3 is 10.6 Å². The second kappa shape index (κ2) is 10.1. The van der Waals surface area contributed by atoms with Crippen molar-refractivity contribution in [2.45, 2.75) is 51.0 Å². The molecule has 1 aromatic rings. The van der Waals surface area contributed by atoms with Gasteiger partial charge in [0.15, 0.2) is 5.96 Å². The van der Waals surface area contributed by atoms with Gasteiger partial charge in [-0.1, -0.05) is 36.8 Å². The fourth-order valence-corrected chi connectivity index (χ4v) is 4.44. The van der Waals surface area contributed by atoms with E-state index in [-0.39, 0.29) is 29.4 Å². The van der Waals surface area contributed by atoms with Crippen LogP contribution < -0.4 is 15.4 Å². The molecule has 0 aromatic heterocycles. The third kappa shape index (κ3) is 7.57. The molecule has 1 aliphatic rings. The molecule has 0 atom stereocenters. The third-order valence-electron chi connectivity index (χ3n) is 4.73. The van der Waals surface area contributed by atoms with Crippen LogP contribution in [-0.4, -0.2) is 45.8 Å². The largest absolute Gasteiger partial charge is 0.357 e. The highest BCUT2D eigenvalue weighted by molar-refractivity contribution is 14.0. The van der Waals surface area contributed by atoms with Crippen LogP contribution in [0.1, 0.15) is 45.6 Å². The smallest absolute Gasteiger partial charge is 0.209 e. The van der Waals surface area contributed by atoms with E-state index in [0.717, 1.165) is 19.0 Å². The maximum atomic E-state index is 11.5. The van der Waals surface area contributed by atoms with Gasteiger partial charge in [-0.25, -0.2) is 13.1 Å². The maximum Gasteiger partial charge on any atom is 0.209 e. The molecule has 0 saturated heterocycles. The quantitative estimate of drug-likeness (QED) is 0.287. The van der Waals surface area contributed by atoms with Gasteiger partial charge in [-0.15, -0.1) is 24.0 Å². The first-order chi connectivity index (χ1) is 12.2. The summed E-state index contributed by atoms with van der Waals surface area (Å²) in [5.41, 5.74) is 0.898. The lowest BCUT2D eigenvalue weighted by molar-refractivity contribution is 0.244. The van der Waals surface area contributed by atoms with E-state index in [9.17, 15) is 8.42 Å². The number of nitrogens with zero attached hydrogens (tertiary/aromatic N) is 1. The Morgan fingerprint density at radius 2 is 1.81 bits per heavy atom. The fourth-order valence-electron chi connectivity index (χ4n) is 3.37. The molecule has 1 aliphatic carbocycles. The third-order valence-corrected chi connectivity index (χ3v) is 5.65. The Balaban J connectivity index is 0.00000364. The van der Waals surface area contributed by atoms with E-state index in [2.05, 4.69) is 44.6 Å². The number of halogens is 1. The van der Waals surface area contributed by atoms with Crippen molar-refractivity contribution in [3.63, 3.8) is 0 Å². The molecular formula is C19H33IN4O2S. The normalized spacial score (nSPS) is 16.8. The van der Waals surface area contributed by atoms with Crippen LogP contribution in [0.4, 0.5) is 0 Å². The maximum absolute atomic E-state index is 11.5. The van der Waals surface area contributed by atoms with Gasteiger partial charge in [0.25, 0.3) is 0 Å². The molecule has 1 saturated carbocycles. The molecule has 0 spiro atoms. The van der Waals surface area contributed by atoms with Gasteiger partial charge in [0.05, 0.1) is 12.8 Å². The zero-order chi connectivity index (χ0) is 19.3. The average Bonchev–Trinajstić information content (AvgIpc) is 2.50. The number of hydrogen-bond acceptors (Lipinski definition) is 3. The van der Waals surface area contributed by atoms with E-state index >= 15 is 0 Å². The van der Waals surface area contributed by atoms with Crippen molar-refractivity contribution in [1.29, 1.82) is 0 Å². The molecule has 0 amide bonds.